The summed E-state index contributed by atoms with van der Waals surface area (Å²) in [4.78, 5) is 12.1. The first kappa shape index (κ1) is 15.4. The summed E-state index contributed by atoms with van der Waals surface area (Å²) in [6.45, 7) is 6.92. The first-order valence-corrected chi connectivity index (χ1v) is 8.32. The van der Waals surface area contributed by atoms with Crippen molar-refractivity contribution in [3.8, 4) is 0 Å². The van der Waals surface area contributed by atoms with Gasteiger partial charge >= 0.3 is 0 Å². The molecule has 1 N–H and O–H groups in total. The van der Waals surface area contributed by atoms with Crippen LogP contribution in [0.4, 0.5) is 0 Å². The van der Waals surface area contributed by atoms with Crippen molar-refractivity contribution < 1.29 is 13.2 Å². The van der Waals surface area contributed by atoms with Crippen molar-refractivity contribution in [2.75, 3.05) is 19.3 Å². The number of hydrogen-bond acceptors (Lipinski definition) is 3. The molecule has 0 unspecified atom stereocenters. The third-order valence-electron chi connectivity index (χ3n) is 3.59. The summed E-state index contributed by atoms with van der Waals surface area (Å²) in [6, 6.07) is 0.117. The van der Waals surface area contributed by atoms with Crippen LogP contribution in [0.15, 0.2) is 0 Å². The minimum atomic E-state index is -3.18. The van der Waals surface area contributed by atoms with Crippen molar-refractivity contribution in [1.82, 2.24) is 9.62 Å². The molecule has 0 aromatic carbocycles. The molecule has 0 saturated carbocycles. The lowest BCUT2D eigenvalue weighted by molar-refractivity contribution is -0.127. The molecule has 18 heavy (non-hydrogen) atoms. The van der Waals surface area contributed by atoms with Gasteiger partial charge in [-0.2, -0.15) is 0 Å². The number of nitrogens with one attached hydrogen (secondary N) is 1. The van der Waals surface area contributed by atoms with Crippen LogP contribution in [0.2, 0.25) is 0 Å². The molecule has 1 rings (SSSR count). The zero-order chi connectivity index (χ0) is 13.9. The molecule has 2 atom stereocenters. The number of carbonyl (C=O) groups is 1. The zero-order valence-corrected chi connectivity index (χ0v) is 12.5. The van der Waals surface area contributed by atoms with E-state index in [1.54, 1.807) is 0 Å². The number of carbonyl (C=O) groups excluding carboxylic acids is 1. The maximum absolute atomic E-state index is 12.1. The van der Waals surface area contributed by atoms with Gasteiger partial charge in [-0.3, -0.25) is 4.79 Å². The number of nitrogens with zero attached hydrogens (tertiary/aromatic N) is 1. The summed E-state index contributed by atoms with van der Waals surface area (Å²) in [5.74, 6) is 0.141. The van der Waals surface area contributed by atoms with Crippen LogP contribution >= 0.6 is 0 Å². The molecule has 106 valence electrons. The molecule has 0 spiro atoms. The third kappa shape index (κ3) is 4.24. The first-order valence-electron chi connectivity index (χ1n) is 6.47. The van der Waals surface area contributed by atoms with Gasteiger partial charge in [0, 0.05) is 19.1 Å². The Kier molecular flexibility index (Phi) is 5.16. The van der Waals surface area contributed by atoms with E-state index < -0.39 is 10.0 Å². The lowest BCUT2D eigenvalue weighted by atomic mass is 9.97. The van der Waals surface area contributed by atoms with Gasteiger partial charge in [-0.05, 0) is 25.7 Å². The molecular formula is C12H24N2O3S. The molecule has 0 bridgehead atoms. The Hall–Kier alpha value is -0.620. The summed E-state index contributed by atoms with van der Waals surface area (Å²) >= 11 is 0. The maximum Gasteiger partial charge on any atom is 0.224 e. The highest BCUT2D eigenvalue weighted by molar-refractivity contribution is 7.88. The summed E-state index contributed by atoms with van der Waals surface area (Å²) in [5, 5.41) is 2.96. The summed E-state index contributed by atoms with van der Waals surface area (Å²) < 4.78 is 24.4. The van der Waals surface area contributed by atoms with Crippen LogP contribution in [0, 0.1) is 11.8 Å². The van der Waals surface area contributed by atoms with E-state index in [2.05, 4.69) is 19.2 Å². The Morgan fingerprint density at radius 3 is 2.44 bits per heavy atom. The van der Waals surface area contributed by atoms with Gasteiger partial charge in [-0.25, -0.2) is 12.7 Å². The fraction of sp³-hybridized carbons (Fsp3) is 0.917. The van der Waals surface area contributed by atoms with E-state index in [-0.39, 0.29) is 17.9 Å². The van der Waals surface area contributed by atoms with E-state index in [1.807, 2.05) is 6.92 Å². The normalized spacial score (nSPS) is 23.9. The fourth-order valence-electron chi connectivity index (χ4n) is 1.97. The standard InChI is InChI=1S/C12H24N2O3S/c1-9(2)10(3)13-12(15)11-6-5-7-14(8-11)18(4,16)17/h9-11H,5-8H2,1-4H3,(H,13,15)/t10-,11-/m1/s1. The largest absolute Gasteiger partial charge is 0.353 e. The quantitative estimate of drug-likeness (QED) is 0.826. The van der Waals surface area contributed by atoms with Crippen LogP contribution in [0.1, 0.15) is 33.6 Å². The smallest absolute Gasteiger partial charge is 0.224 e. The van der Waals surface area contributed by atoms with Crippen LogP contribution in [0.5, 0.6) is 0 Å². The van der Waals surface area contributed by atoms with E-state index in [9.17, 15) is 13.2 Å². The molecule has 1 aliphatic heterocycles. The van der Waals surface area contributed by atoms with Gasteiger partial charge in [0.15, 0.2) is 0 Å². The average Bonchev–Trinajstić information content (AvgIpc) is 2.27. The molecule has 1 fully saturated rings. The van der Waals surface area contributed by atoms with Gasteiger partial charge in [-0.1, -0.05) is 13.8 Å². The lowest BCUT2D eigenvalue weighted by Gasteiger charge is -2.31. The van der Waals surface area contributed by atoms with E-state index in [0.717, 1.165) is 12.8 Å². The Bertz CT molecular complexity index is 392. The second-order valence-corrected chi connectivity index (χ2v) is 7.48. The van der Waals surface area contributed by atoms with Crippen LogP contribution in [0.3, 0.4) is 0 Å². The Morgan fingerprint density at radius 1 is 1.33 bits per heavy atom. The number of amides is 1. The molecule has 0 aromatic heterocycles. The van der Waals surface area contributed by atoms with Crippen molar-refractivity contribution in [3.63, 3.8) is 0 Å². The molecule has 0 aromatic rings. The van der Waals surface area contributed by atoms with Crippen molar-refractivity contribution in [1.29, 1.82) is 0 Å². The monoisotopic (exact) mass is 276 g/mol. The number of sulfonamides is 1. The Balaban J connectivity index is 2.59. The number of hydrogen-bond donors (Lipinski definition) is 1. The van der Waals surface area contributed by atoms with Gasteiger partial charge in [0.2, 0.25) is 15.9 Å². The second-order valence-electron chi connectivity index (χ2n) is 5.50. The average molecular weight is 276 g/mol. The van der Waals surface area contributed by atoms with Gasteiger partial charge in [0.05, 0.1) is 12.2 Å². The lowest BCUT2D eigenvalue weighted by Crippen LogP contribution is -2.47. The number of piperidine rings is 1. The molecule has 1 amide bonds. The van der Waals surface area contributed by atoms with Gasteiger partial charge in [0.25, 0.3) is 0 Å². The van der Waals surface area contributed by atoms with Crippen LogP contribution < -0.4 is 5.32 Å². The van der Waals surface area contributed by atoms with E-state index in [4.69, 9.17) is 0 Å². The first-order chi connectivity index (χ1) is 8.21. The van der Waals surface area contributed by atoms with Gasteiger partial charge in [0.1, 0.15) is 0 Å². The van der Waals surface area contributed by atoms with E-state index >= 15 is 0 Å². The highest BCUT2D eigenvalue weighted by atomic mass is 32.2. The van der Waals surface area contributed by atoms with Crippen LogP contribution in [-0.2, 0) is 14.8 Å². The molecule has 1 heterocycles. The Labute approximate surface area is 110 Å². The minimum absolute atomic E-state index is 0.0236. The van der Waals surface area contributed by atoms with Gasteiger partial charge < -0.3 is 5.32 Å². The SMILES string of the molecule is CC(C)[C@@H](C)NC(=O)[C@@H]1CCCN(S(C)(=O)=O)C1. The molecule has 5 nitrogen and oxygen atoms in total. The molecule has 1 saturated heterocycles. The Morgan fingerprint density at radius 2 is 1.94 bits per heavy atom. The van der Waals surface area contributed by atoms with Crippen LogP contribution in [0.25, 0.3) is 0 Å². The van der Waals surface area contributed by atoms with Crippen molar-refractivity contribution in [2.45, 2.75) is 39.7 Å². The van der Waals surface area contributed by atoms with Crippen molar-refractivity contribution >= 4 is 15.9 Å². The summed E-state index contributed by atoms with van der Waals surface area (Å²) in [6.07, 6.45) is 2.72. The minimum Gasteiger partial charge on any atom is -0.353 e. The highest BCUT2D eigenvalue weighted by Crippen LogP contribution is 2.19. The highest BCUT2D eigenvalue weighted by Gasteiger charge is 2.30. The second kappa shape index (κ2) is 6.02. The number of rotatable bonds is 4. The fourth-order valence-corrected chi connectivity index (χ4v) is 2.88. The zero-order valence-electron chi connectivity index (χ0n) is 11.6. The maximum atomic E-state index is 12.1. The predicted molar refractivity (Wildman–Crippen MR) is 71.6 cm³/mol. The van der Waals surface area contributed by atoms with E-state index in [1.165, 1.54) is 10.6 Å². The van der Waals surface area contributed by atoms with Crippen molar-refractivity contribution in [2.24, 2.45) is 11.8 Å². The summed E-state index contributed by atoms with van der Waals surface area (Å²) in [7, 11) is -3.18. The van der Waals surface area contributed by atoms with Crippen molar-refractivity contribution in [3.05, 3.63) is 0 Å². The van der Waals surface area contributed by atoms with E-state index in [0.29, 0.717) is 19.0 Å². The molecule has 1 aliphatic rings. The van der Waals surface area contributed by atoms with Gasteiger partial charge in [-0.15, -0.1) is 0 Å². The molecule has 0 aliphatic carbocycles. The third-order valence-corrected chi connectivity index (χ3v) is 4.86. The topological polar surface area (TPSA) is 66.5 Å². The predicted octanol–water partition coefficient (Wildman–Crippen LogP) is 0.819. The van der Waals surface area contributed by atoms with Crippen LogP contribution in [-0.4, -0.2) is 44.0 Å². The summed E-state index contributed by atoms with van der Waals surface area (Å²) in [5.41, 5.74) is 0. The molecule has 0 radical (unpaired) electrons. The molecule has 6 heteroatoms. The molecular weight excluding hydrogens is 252 g/mol.